The van der Waals surface area contributed by atoms with Crippen LogP contribution in [-0.4, -0.2) is 15.9 Å². The summed E-state index contributed by atoms with van der Waals surface area (Å²) in [6.07, 6.45) is -3.26. The van der Waals surface area contributed by atoms with Crippen molar-refractivity contribution in [2.45, 2.75) is 20.0 Å². The van der Waals surface area contributed by atoms with Crippen LogP contribution in [0, 0.1) is 13.8 Å². The highest BCUT2D eigenvalue weighted by molar-refractivity contribution is 7.15. The van der Waals surface area contributed by atoms with Gasteiger partial charge in [0.2, 0.25) is 5.89 Å². The summed E-state index contributed by atoms with van der Waals surface area (Å²) in [5, 5.41) is 3.05. The van der Waals surface area contributed by atoms with Crippen molar-refractivity contribution in [1.29, 1.82) is 0 Å². The molecule has 0 saturated heterocycles. The molecular weight excluding hydrogens is 355 g/mol. The standard InChI is InChI=1S/C16H12F3N3O2S/c1-8-9(2)25-15(20-8)22-13(23)12-7-24-14(21-12)10-3-5-11(6-4-10)16(17,18)19/h3-7H,1-2H3,(H,20,22,23). The van der Waals surface area contributed by atoms with Crippen molar-refractivity contribution in [2.75, 3.05) is 5.32 Å². The molecule has 3 aromatic rings. The van der Waals surface area contributed by atoms with Crippen LogP contribution in [0.5, 0.6) is 0 Å². The summed E-state index contributed by atoms with van der Waals surface area (Å²) >= 11 is 1.34. The molecule has 0 fully saturated rings. The van der Waals surface area contributed by atoms with Gasteiger partial charge in [-0.3, -0.25) is 10.1 Å². The number of benzene rings is 1. The van der Waals surface area contributed by atoms with Crippen LogP contribution in [0.25, 0.3) is 11.5 Å². The molecule has 5 nitrogen and oxygen atoms in total. The third-order valence-corrected chi connectivity index (χ3v) is 4.43. The number of hydrogen-bond acceptors (Lipinski definition) is 5. The van der Waals surface area contributed by atoms with E-state index in [4.69, 9.17) is 4.42 Å². The zero-order valence-electron chi connectivity index (χ0n) is 13.1. The lowest BCUT2D eigenvalue weighted by molar-refractivity contribution is -0.137. The Morgan fingerprint density at radius 2 is 1.84 bits per heavy atom. The zero-order chi connectivity index (χ0) is 18.2. The molecule has 0 aliphatic rings. The molecule has 1 amide bonds. The molecule has 3 rings (SSSR count). The van der Waals surface area contributed by atoms with Gasteiger partial charge in [-0.05, 0) is 38.1 Å². The number of nitrogens with zero attached hydrogens (tertiary/aromatic N) is 2. The zero-order valence-corrected chi connectivity index (χ0v) is 14.0. The molecule has 0 bridgehead atoms. The van der Waals surface area contributed by atoms with Gasteiger partial charge in [0.1, 0.15) is 6.26 Å². The SMILES string of the molecule is Cc1nc(NC(=O)c2coc(-c3ccc(C(F)(F)F)cc3)n2)sc1C. The number of aryl methyl sites for hydroxylation is 2. The molecule has 9 heteroatoms. The third kappa shape index (κ3) is 3.71. The van der Waals surface area contributed by atoms with Crippen LogP contribution >= 0.6 is 11.3 Å². The van der Waals surface area contributed by atoms with Gasteiger partial charge < -0.3 is 4.42 Å². The first-order valence-electron chi connectivity index (χ1n) is 7.12. The van der Waals surface area contributed by atoms with Crippen LogP contribution in [0.4, 0.5) is 18.3 Å². The molecule has 0 saturated carbocycles. The Morgan fingerprint density at radius 3 is 2.40 bits per heavy atom. The van der Waals surface area contributed by atoms with Gasteiger partial charge in [-0.2, -0.15) is 13.2 Å². The molecule has 2 heterocycles. The smallest absolute Gasteiger partial charge is 0.416 e. The topological polar surface area (TPSA) is 68.0 Å². The van der Waals surface area contributed by atoms with Crippen LogP contribution in [0.15, 0.2) is 34.9 Å². The summed E-state index contributed by atoms with van der Waals surface area (Å²) in [7, 11) is 0. The van der Waals surface area contributed by atoms with Crippen molar-refractivity contribution in [3.05, 3.63) is 52.4 Å². The number of halogens is 3. The van der Waals surface area contributed by atoms with Gasteiger partial charge in [0.15, 0.2) is 10.8 Å². The quantitative estimate of drug-likeness (QED) is 0.729. The number of thiazole rings is 1. The van der Waals surface area contributed by atoms with Crippen molar-refractivity contribution in [1.82, 2.24) is 9.97 Å². The van der Waals surface area contributed by atoms with Gasteiger partial charge in [0.25, 0.3) is 5.91 Å². The molecule has 2 aromatic heterocycles. The number of alkyl halides is 3. The number of aromatic nitrogens is 2. The van der Waals surface area contributed by atoms with E-state index in [1.54, 1.807) is 0 Å². The van der Waals surface area contributed by atoms with Crippen molar-refractivity contribution in [3.8, 4) is 11.5 Å². The van der Waals surface area contributed by atoms with Crippen molar-refractivity contribution >= 4 is 22.4 Å². The minimum absolute atomic E-state index is 0.0143. The number of nitrogens with one attached hydrogen (secondary N) is 1. The fourth-order valence-electron chi connectivity index (χ4n) is 2.00. The Balaban J connectivity index is 1.76. The average Bonchev–Trinajstić information content (AvgIpc) is 3.14. The minimum Gasteiger partial charge on any atom is -0.444 e. The first kappa shape index (κ1) is 17.2. The van der Waals surface area contributed by atoms with Gasteiger partial charge in [-0.15, -0.1) is 11.3 Å². The number of oxazole rings is 1. The summed E-state index contributed by atoms with van der Waals surface area (Å²) in [4.78, 5) is 21.3. The molecule has 0 aliphatic heterocycles. The Kier molecular flexibility index (Phi) is 4.34. The second-order valence-electron chi connectivity index (χ2n) is 5.23. The van der Waals surface area contributed by atoms with Crippen molar-refractivity contribution < 1.29 is 22.4 Å². The Bertz CT molecular complexity index is 894. The van der Waals surface area contributed by atoms with E-state index >= 15 is 0 Å². The van der Waals surface area contributed by atoms with Crippen LogP contribution in [-0.2, 0) is 6.18 Å². The maximum absolute atomic E-state index is 12.6. The Hall–Kier alpha value is -2.68. The lowest BCUT2D eigenvalue weighted by atomic mass is 10.1. The van der Waals surface area contributed by atoms with Gasteiger partial charge in [0, 0.05) is 10.4 Å². The largest absolute Gasteiger partial charge is 0.444 e. The first-order chi connectivity index (χ1) is 11.7. The Labute approximate surface area is 144 Å². The van der Waals surface area contributed by atoms with Crippen molar-refractivity contribution in [2.24, 2.45) is 0 Å². The lowest BCUT2D eigenvalue weighted by Gasteiger charge is -2.05. The first-order valence-corrected chi connectivity index (χ1v) is 7.94. The third-order valence-electron chi connectivity index (χ3n) is 3.44. The molecular formula is C16H12F3N3O2S. The molecule has 0 atom stereocenters. The number of carbonyl (C=O) groups is 1. The van der Waals surface area contributed by atoms with Gasteiger partial charge in [0.05, 0.1) is 11.3 Å². The van der Waals surface area contributed by atoms with E-state index in [-0.39, 0.29) is 11.6 Å². The minimum atomic E-state index is -4.41. The van der Waals surface area contributed by atoms with E-state index in [1.165, 1.54) is 23.5 Å². The van der Waals surface area contributed by atoms with E-state index in [1.807, 2.05) is 13.8 Å². The fourth-order valence-corrected chi connectivity index (χ4v) is 2.81. The fraction of sp³-hybridized carbons (Fsp3) is 0.188. The van der Waals surface area contributed by atoms with E-state index in [0.717, 1.165) is 29.0 Å². The van der Waals surface area contributed by atoms with E-state index in [9.17, 15) is 18.0 Å². The number of amides is 1. The number of rotatable bonds is 3. The van der Waals surface area contributed by atoms with Gasteiger partial charge >= 0.3 is 6.18 Å². The van der Waals surface area contributed by atoms with Crippen LogP contribution < -0.4 is 5.32 Å². The van der Waals surface area contributed by atoms with Gasteiger partial charge in [-0.1, -0.05) is 0 Å². The molecule has 25 heavy (non-hydrogen) atoms. The number of anilines is 1. The van der Waals surface area contributed by atoms with Crippen molar-refractivity contribution in [3.63, 3.8) is 0 Å². The maximum atomic E-state index is 12.6. The highest BCUT2D eigenvalue weighted by Crippen LogP contribution is 2.31. The highest BCUT2D eigenvalue weighted by Gasteiger charge is 2.30. The molecule has 0 aliphatic carbocycles. The predicted octanol–water partition coefficient (Wildman–Crippen LogP) is 4.69. The van der Waals surface area contributed by atoms with E-state index in [0.29, 0.717) is 10.7 Å². The summed E-state index contributed by atoms with van der Waals surface area (Å²) in [6.45, 7) is 3.72. The number of hydrogen-bond donors (Lipinski definition) is 1. The van der Waals surface area contributed by atoms with Crippen LogP contribution in [0.2, 0.25) is 0 Å². The summed E-state index contributed by atoms with van der Waals surface area (Å²) < 4.78 is 42.9. The average molecular weight is 367 g/mol. The normalized spacial score (nSPS) is 11.6. The van der Waals surface area contributed by atoms with Crippen LogP contribution in [0.3, 0.4) is 0 Å². The summed E-state index contributed by atoms with van der Waals surface area (Å²) in [6, 6.07) is 4.34. The number of carbonyl (C=O) groups excluding carboxylic acids is 1. The van der Waals surface area contributed by atoms with E-state index < -0.39 is 17.6 Å². The monoisotopic (exact) mass is 367 g/mol. The second-order valence-corrected chi connectivity index (χ2v) is 6.43. The second kappa shape index (κ2) is 6.32. The van der Waals surface area contributed by atoms with Crippen LogP contribution in [0.1, 0.15) is 26.6 Å². The molecule has 1 N–H and O–H groups in total. The molecule has 0 unspecified atom stereocenters. The predicted molar refractivity (Wildman–Crippen MR) is 86.5 cm³/mol. The molecule has 130 valence electrons. The lowest BCUT2D eigenvalue weighted by Crippen LogP contribution is -2.12. The van der Waals surface area contributed by atoms with E-state index in [2.05, 4.69) is 15.3 Å². The van der Waals surface area contributed by atoms with Gasteiger partial charge in [-0.25, -0.2) is 9.97 Å². The summed E-state index contributed by atoms with van der Waals surface area (Å²) in [5.74, 6) is -0.443. The maximum Gasteiger partial charge on any atom is 0.416 e. The molecule has 0 radical (unpaired) electrons. The molecule has 0 spiro atoms. The summed E-state index contributed by atoms with van der Waals surface area (Å²) in [5.41, 5.74) is 0.412. The molecule has 1 aromatic carbocycles. The highest BCUT2D eigenvalue weighted by atomic mass is 32.1. The Morgan fingerprint density at radius 1 is 1.16 bits per heavy atom.